The first-order valence-corrected chi connectivity index (χ1v) is 9.60. The van der Waals surface area contributed by atoms with Gasteiger partial charge in [0, 0.05) is 5.69 Å². The van der Waals surface area contributed by atoms with Crippen molar-refractivity contribution in [2.45, 2.75) is 43.5 Å². The van der Waals surface area contributed by atoms with Crippen molar-refractivity contribution in [1.29, 1.82) is 0 Å². The summed E-state index contributed by atoms with van der Waals surface area (Å²) >= 11 is 0. The van der Waals surface area contributed by atoms with Crippen LogP contribution in [0.1, 0.15) is 37.7 Å². The minimum atomic E-state index is -3.61. The van der Waals surface area contributed by atoms with Gasteiger partial charge in [0.1, 0.15) is 5.66 Å². The van der Waals surface area contributed by atoms with Crippen molar-refractivity contribution in [2.24, 2.45) is 26.6 Å². The van der Waals surface area contributed by atoms with Gasteiger partial charge in [-0.1, -0.05) is 18.6 Å². The number of hydrogen-bond donors (Lipinski definition) is 3. The lowest BCUT2D eigenvalue weighted by Gasteiger charge is -2.45. The van der Waals surface area contributed by atoms with Crippen molar-refractivity contribution in [1.82, 2.24) is 0 Å². The number of aliphatic imine (C=N–C) groups is 2. The molecule has 1 aliphatic heterocycles. The highest BCUT2D eigenvalue weighted by atomic mass is 32.2. The lowest BCUT2D eigenvalue weighted by Crippen LogP contribution is -2.58. The van der Waals surface area contributed by atoms with E-state index < -0.39 is 15.7 Å². The zero-order chi connectivity index (χ0) is 17.4. The Bertz CT molecular complexity index is 796. The molecule has 1 aliphatic carbocycles. The topological polar surface area (TPSA) is 140 Å². The molecule has 130 valence electrons. The number of hydrogen-bond acceptors (Lipinski definition) is 7. The normalized spacial score (nSPS) is 20.6. The van der Waals surface area contributed by atoms with Crippen molar-refractivity contribution in [3.63, 3.8) is 0 Å². The van der Waals surface area contributed by atoms with Gasteiger partial charge in [-0.15, -0.1) is 0 Å². The van der Waals surface area contributed by atoms with Crippen LogP contribution in [0.15, 0.2) is 34.3 Å². The molecule has 3 rings (SSSR count). The van der Waals surface area contributed by atoms with E-state index in [1.165, 1.54) is 0 Å². The average Bonchev–Trinajstić information content (AvgIpc) is 2.45. The molecule has 1 aromatic carbocycles. The Morgan fingerprint density at radius 2 is 1.88 bits per heavy atom. The Hall–Kier alpha value is -2.13. The van der Waals surface area contributed by atoms with Crippen LogP contribution in [0.4, 0.5) is 5.69 Å². The Labute approximate surface area is 141 Å². The second kappa shape index (κ2) is 6.06. The van der Waals surface area contributed by atoms with Gasteiger partial charge in [0.15, 0.2) is 0 Å². The van der Waals surface area contributed by atoms with Gasteiger partial charge in [-0.25, -0.2) is 18.5 Å². The standard InChI is InChI=1S/C15H22N6O2S/c16-13-19-14(17)21(15(20-13)7-2-1-3-8-15)12-6-4-5-11(9-12)10-24(18,22)23/h4-6,9H,1-3,7-8,10H2,(H2,18,22,23)(H4,16,17,19,20). The highest BCUT2D eigenvalue weighted by Gasteiger charge is 2.42. The van der Waals surface area contributed by atoms with Crippen LogP contribution in [0.2, 0.25) is 0 Å². The van der Waals surface area contributed by atoms with E-state index in [2.05, 4.69) is 9.98 Å². The largest absolute Gasteiger partial charge is 0.369 e. The maximum absolute atomic E-state index is 11.4. The zero-order valence-electron chi connectivity index (χ0n) is 13.4. The molecular weight excluding hydrogens is 328 g/mol. The number of primary sulfonamides is 1. The van der Waals surface area contributed by atoms with Gasteiger partial charge in [-0.2, -0.15) is 4.99 Å². The third-order valence-corrected chi connectivity index (χ3v) is 5.12. The average molecular weight is 350 g/mol. The molecule has 2 aliphatic rings. The van der Waals surface area contributed by atoms with Crippen LogP contribution in [0.5, 0.6) is 0 Å². The lowest BCUT2D eigenvalue weighted by molar-refractivity contribution is 0.305. The number of nitrogens with zero attached hydrogens (tertiary/aromatic N) is 3. The fourth-order valence-corrected chi connectivity index (χ4v) is 4.16. The first-order valence-electron chi connectivity index (χ1n) is 7.88. The van der Waals surface area contributed by atoms with E-state index in [-0.39, 0.29) is 17.7 Å². The Kier molecular flexibility index (Phi) is 4.22. The molecule has 1 fully saturated rings. The molecule has 1 heterocycles. The Morgan fingerprint density at radius 3 is 2.54 bits per heavy atom. The van der Waals surface area contributed by atoms with Crippen molar-refractivity contribution < 1.29 is 8.42 Å². The smallest absolute Gasteiger partial charge is 0.220 e. The van der Waals surface area contributed by atoms with Gasteiger partial charge in [0.05, 0.1) is 5.75 Å². The van der Waals surface area contributed by atoms with Crippen LogP contribution in [-0.2, 0) is 15.8 Å². The van der Waals surface area contributed by atoms with E-state index in [4.69, 9.17) is 16.6 Å². The summed E-state index contributed by atoms with van der Waals surface area (Å²) in [6, 6.07) is 7.13. The molecule has 0 aromatic heterocycles. The molecule has 1 saturated carbocycles. The fraction of sp³-hybridized carbons (Fsp3) is 0.467. The van der Waals surface area contributed by atoms with Crippen LogP contribution >= 0.6 is 0 Å². The predicted octanol–water partition coefficient (Wildman–Crippen LogP) is 0.585. The molecule has 0 amide bonds. The van der Waals surface area contributed by atoms with E-state index in [1.807, 2.05) is 11.0 Å². The van der Waals surface area contributed by atoms with Crippen molar-refractivity contribution in [2.75, 3.05) is 4.90 Å². The summed E-state index contributed by atoms with van der Waals surface area (Å²) in [5.41, 5.74) is 12.8. The van der Waals surface area contributed by atoms with Crippen molar-refractivity contribution in [3.8, 4) is 0 Å². The van der Waals surface area contributed by atoms with Crippen LogP contribution in [0, 0.1) is 0 Å². The number of benzene rings is 1. The van der Waals surface area contributed by atoms with Crippen molar-refractivity contribution in [3.05, 3.63) is 29.8 Å². The summed E-state index contributed by atoms with van der Waals surface area (Å²) in [6.07, 6.45) is 4.84. The van der Waals surface area contributed by atoms with Crippen LogP contribution < -0.4 is 21.5 Å². The van der Waals surface area contributed by atoms with Gasteiger partial charge >= 0.3 is 0 Å². The van der Waals surface area contributed by atoms with Gasteiger partial charge in [0.25, 0.3) is 0 Å². The maximum atomic E-state index is 11.4. The van der Waals surface area contributed by atoms with Gasteiger partial charge < -0.3 is 11.5 Å². The molecule has 8 nitrogen and oxygen atoms in total. The highest BCUT2D eigenvalue weighted by molar-refractivity contribution is 7.88. The number of anilines is 1. The summed E-state index contributed by atoms with van der Waals surface area (Å²) < 4.78 is 22.7. The molecule has 9 heteroatoms. The number of sulfonamides is 1. The molecule has 0 bridgehead atoms. The van der Waals surface area contributed by atoms with Crippen LogP contribution in [0.3, 0.4) is 0 Å². The number of nitrogens with two attached hydrogens (primary N) is 3. The van der Waals surface area contributed by atoms with E-state index in [0.717, 1.165) is 37.8 Å². The molecule has 0 atom stereocenters. The second-order valence-corrected chi connectivity index (χ2v) is 7.91. The minimum Gasteiger partial charge on any atom is -0.369 e. The third-order valence-electron chi connectivity index (χ3n) is 4.39. The lowest BCUT2D eigenvalue weighted by atomic mass is 9.87. The summed E-state index contributed by atoms with van der Waals surface area (Å²) in [5, 5.41) is 5.15. The monoisotopic (exact) mass is 350 g/mol. The van der Waals surface area contributed by atoms with Gasteiger partial charge in [-0.3, -0.25) is 4.90 Å². The Balaban J connectivity index is 2.02. The van der Waals surface area contributed by atoms with E-state index in [1.54, 1.807) is 18.2 Å². The molecule has 0 saturated heterocycles. The maximum Gasteiger partial charge on any atom is 0.220 e. The molecule has 6 N–H and O–H groups in total. The number of guanidine groups is 2. The molecule has 0 unspecified atom stereocenters. The number of rotatable bonds is 3. The second-order valence-electron chi connectivity index (χ2n) is 6.30. The molecule has 1 aromatic rings. The van der Waals surface area contributed by atoms with Crippen LogP contribution in [-0.4, -0.2) is 26.0 Å². The summed E-state index contributed by atoms with van der Waals surface area (Å²) in [4.78, 5) is 10.6. The van der Waals surface area contributed by atoms with Gasteiger partial charge in [0.2, 0.25) is 21.9 Å². The SMILES string of the molecule is NC1=NC2(CCCCC2)N(c2cccc(CS(N)(=O)=O)c2)C(N)=N1. The first-order chi connectivity index (χ1) is 11.3. The molecule has 24 heavy (non-hydrogen) atoms. The zero-order valence-corrected chi connectivity index (χ0v) is 14.2. The fourth-order valence-electron chi connectivity index (χ4n) is 3.51. The molecule has 0 radical (unpaired) electrons. The van der Waals surface area contributed by atoms with E-state index >= 15 is 0 Å². The predicted molar refractivity (Wildman–Crippen MR) is 94.8 cm³/mol. The summed E-state index contributed by atoms with van der Waals surface area (Å²) in [7, 11) is -3.61. The van der Waals surface area contributed by atoms with Crippen LogP contribution in [0.25, 0.3) is 0 Å². The first kappa shape index (κ1) is 16.7. The van der Waals surface area contributed by atoms with Crippen molar-refractivity contribution >= 4 is 27.6 Å². The summed E-state index contributed by atoms with van der Waals surface area (Å²) in [5.74, 6) is 0.230. The highest BCUT2D eigenvalue weighted by Crippen LogP contribution is 2.39. The molecular formula is C15H22N6O2S. The minimum absolute atomic E-state index is 0.186. The quantitative estimate of drug-likeness (QED) is 0.731. The third kappa shape index (κ3) is 3.36. The van der Waals surface area contributed by atoms with E-state index in [0.29, 0.717) is 5.56 Å². The van der Waals surface area contributed by atoms with Gasteiger partial charge in [-0.05, 0) is 43.4 Å². The molecule has 1 spiro atoms. The van der Waals surface area contributed by atoms with E-state index in [9.17, 15) is 8.42 Å². The Morgan fingerprint density at radius 1 is 1.17 bits per heavy atom. The summed E-state index contributed by atoms with van der Waals surface area (Å²) in [6.45, 7) is 0.